The van der Waals surface area contributed by atoms with E-state index in [2.05, 4.69) is 0 Å². The first-order valence-electron chi connectivity index (χ1n) is 2.95. The third-order valence-corrected chi connectivity index (χ3v) is 1.16. The van der Waals surface area contributed by atoms with Gasteiger partial charge in [0.05, 0.1) is 6.26 Å². The molecule has 1 aromatic heterocycles. The second kappa shape index (κ2) is 8.53. The maximum absolute atomic E-state index is 12.6. The largest absolute Gasteiger partial charge is 1.00 e. The summed E-state index contributed by atoms with van der Waals surface area (Å²) in [6, 6.07) is 3.10. The summed E-state index contributed by atoms with van der Waals surface area (Å²) < 4.78 is 17.4. The molecular weight excluding hydrogens is 280 g/mol. The summed E-state index contributed by atoms with van der Waals surface area (Å²) in [4.78, 5) is 9.83. The van der Waals surface area contributed by atoms with E-state index in [1.54, 1.807) is 6.07 Å². The molecule has 0 saturated carbocycles. The van der Waals surface area contributed by atoms with E-state index in [1.165, 1.54) is 12.3 Å². The van der Waals surface area contributed by atoms with Gasteiger partial charge in [-0.05, 0) is 12.1 Å². The maximum Gasteiger partial charge on any atom is 1.00 e. The Morgan fingerprint density at radius 1 is 1.67 bits per heavy atom. The van der Waals surface area contributed by atoms with E-state index in [1.807, 2.05) is 0 Å². The normalized spacial score (nSPS) is 10.8. The van der Waals surface area contributed by atoms with Crippen LogP contribution < -0.4 is 68.9 Å². The first kappa shape index (κ1) is 15.4. The second-order valence-electron chi connectivity index (χ2n) is 1.89. The monoisotopic (exact) mass is 290 g/mol. The molecule has 0 spiro atoms. The van der Waals surface area contributed by atoms with Crippen LogP contribution in [0.15, 0.2) is 22.8 Å². The fourth-order valence-corrected chi connectivity index (χ4v) is 0.670. The molecule has 12 heavy (non-hydrogen) atoms. The molecular formula is C8H10CsFO2. The number of aldehydes is 1. The van der Waals surface area contributed by atoms with Crippen LogP contribution in [0.4, 0.5) is 4.39 Å². The molecule has 0 unspecified atom stereocenters. The molecule has 0 aliphatic carbocycles. The molecule has 0 fully saturated rings. The van der Waals surface area contributed by atoms with Gasteiger partial charge in [-0.3, -0.25) is 0 Å². The molecule has 1 rings (SSSR count). The third kappa shape index (κ3) is 4.84. The van der Waals surface area contributed by atoms with Crippen LogP contribution >= 0.6 is 0 Å². The Bertz CT molecular complexity index is 199. The van der Waals surface area contributed by atoms with E-state index in [4.69, 9.17) is 4.42 Å². The molecule has 1 atom stereocenters. The summed E-state index contributed by atoms with van der Waals surface area (Å²) in [5.41, 5.74) is 0. The minimum Gasteiger partial charge on any atom is -0.466 e. The van der Waals surface area contributed by atoms with Gasteiger partial charge in [0.25, 0.3) is 0 Å². The van der Waals surface area contributed by atoms with Crippen LogP contribution in [0.5, 0.6) is 0 Å². The zero-order valence-corrected chi connectivity index (χ0v) is 13.6. The zero-order valence-electron chi connectivity index (χ0n) is 7.29. The zero-order chi connectivity index (χ0) is 7.40. The van der Waals surface area contributed by atoms with E-state index >= 15 is 0 Å². The number of hydrogen-bond acceptors (Lipinski definition) is 2. The standard InChI is InChI=1S/C7H7FO2.CH3.Cs/c8-6(3-4-9)7-2-1-5-10-7;;/h1-2,4-6H,3H2;1H3;/q;-1;+1/t6-;;/m0../s1. The molecule has 0 aromatic carbocycles. The molecule has 1 heterocycles. The molecule has 2 nitrogen and oxygen atoms in total. The molecule has 0 saturated heterocycles. The Hall–Kier alpha value is 0.932. The van der Waals surface area contributed by atoms with Gasteiger partial charge in [0.15, 0.2) is 6.17 Å². The van der Waals surface area contributed by atoms with E-state index < -0.39 is 6.17 Å². The van der Waals surface area contributed by atoms with Crippen LogP contribution in [0.1, 0.15) is 18.4 Å². The van der Waals surface area contributed by atoms with Gasteiger partial charge in [-0.15, -0.1) is 0 Å². The van der Waals surface area contributed by atoms with Crippen molar-refractivity contribution >= 4 is 6.29 Å². The van der Waals surface area contributed by atoms with Crippen molar-refractivity contribution in [2.24, 2.45) is 0 Å². The number of rotatable bonds is 3. The second-order valence-corrected chi connectivity index (χ2v) is 1.89. The van der Waals surface area contributed by atoms with Crippen LogP contribution in [-0.4, -0.2) is 6.29 Å². The van der Waals surface area contributed by atoms with E-state index in [0.717, 1.165) is 0 Å². The first-order chi connectivity index (χ1) is 4.84. The fraction of sp³-hybridized carbons (Fsp3) is 0.250. The van der Waals surface area contributed by atoms with E-state index in [0.29, 0.717) is 6.29 Å². The molecule has 0 aliphatic heterocycles. The van der Waals surface area contributed by atoms with Crippen molar-refractivity contribution in [3.05, 3.63) is 31.6 Å². The Morgan fingerprint density at radius 2 is 2.33 bits per heavy atom. The number of hydrogen-bond donors (Lipinski definition) is 0. The minimum absolute atomic E-state index is 0. The summed E-state index contributed by atoms with van der Waals surface area (Å²) in [7, 11) is 0. The van der Waals surface area contributed by atoms with Gasteiger partial charge >= 0.3 is 68.9 Å². The molecule has 0 bridgehead atoms. The van der Waals surface area contributed by atoms with Crippen LogP contribution in [0.25, 0.3) is 0 Å². The van der Waals surface area contributed by atoms with E-state index in [-0.39, 0.29) is 88.5 Å². The summed E-state index contributed by atoms with van der Waals surface area (Å²) in [6.45, 7) is 0. The molecule has 4 heteroatoms. The Kier molecular flexibility index (Phi) is 10.9. The van der Waals surface area contributed by atoms with Crippen LogP contribution in [0, 0.1) is 7.43 Å². The van der Waals surface area contributed by atoms with Gasteiger partial charge in [0, 0.05) is 6.42 Å². The first-order valence-corrected chi connectivity index (χ1v) is 2.95. The van der Waals surface area contributed by atoms with Gasteiger partial charge in [-0.2, -0.15) is 0 Å². The summed E-state index contributed by atoms with van der Waals surface area (Å²) in [5.74, 6) is 0.215. The molecule has 1 aromatic rings. The van der Waals surface area contributed by atoms with Crippen molar-refractivity contribution in [3.63, 3.8) is 0 Å². The average molecular weight is 290 g/mol. The summed E-state index contributed by atoms with van der Waals surface area (Å²) in [6.07, 6.45) is 0.500. The smallest absolute Gasteiger partial charge is 0.466 e. The topological polar surface area (TPSA) is 30.2 Å². The Morgan fingerprint density at radius 3 is 2.75 bits per heavy atom. The van der Waals surface area contributed by atoms with Crippen molar-refractivity contribution in [1.29, 1.82) is 0 Å². The number of alkyl halides is 1. The maximum atomic E-state index is 12.6. The van der Waals surface area contributed by atoms with Crippen LogP contribution in [-0.2, 0) is 4.79 Å². The molecule has 0 aliphatic rings. The van der Waals surface area contributed by atoms with Gasteiger partial charge in [-0.1, -0.05) is 0 Å². The fourth-order valence-electron chi connectivity index (χ4n) is 0.670. The third-order valence-electron chi connectivity index (χ3n) is 1.16. The van der Waals surface area contributed by atoms with Crippen LogP contribution in [0.3, 0.4) is 0 Å². The Balaban J connectivity index is 0. The number of halogens is 1. The van der Waals surface area contributed by atoms with Crippen molar-refractivity contribution in [2.45, 2.75) is 12.6 Å². The van der Waals surface area contributed by atoms with Gasteiger partial charge in [-0.25, -0.2) is 4.39 Å². The molecule has 0 N–H and O–H groups in total. The van der Waals surface area contributed by atoms with E-state index in [9.17, 15) is 9.18 Å². The number of carbonyl (C=O) groups is 1. The van der Waals surface area contributed by atoms with Crippen molar-refractivity contribution in [3.8, 4) is 0 Å². The predicted octanol–water partition coefficient (Wildman–Crippen LogP) is -0.667. The quantitative estimate of drug-likeness (QED) is 0.546. The molecule has 62 valence electrons. The average Bonchev–Trinajstić information content (AvgIpc) is 2.38. The van der Waals surface area contributed by atoms with Crippen molar-refractivity contribution < 1.29 is 82.5 Å². The predicted molar refractivity (Wildman–Crippen MR) is 39.7 cm³/mol. The van der Waals surface area contributed by atoms with Crippen molar-refractivity contribution in [2.75, 3.05) is 0 Å². The van der Waals surface area contributed by atoms with Crippen LogP contribution in [0.2, 0.25) is 0 Å². The van der Waals surface area contributed by atoms with Gasteiger partial charge in [0.1, 0.15) is 12.0 Å². The van der Waals surface area contributed by atoms with Crippen molar-refractivity contribution in [1.82, 2.24) is 0 Å². The number of carbonyl (C=O) groups excluding carboxylic acids is 1. The molecule has 0 amide bonds. The Labute approximate surface area is 130 Å². The summed E-state index contributed by atoms with van der Waals surface area (Å²) >= 11 is 0. The SMILES string of the molecule is O=CC[C@H](F)c1ccco1.[CH3-].[Cs+]. The van der Waals surface area contributed by atoms with Gasteiger partial charge < -0.3 is 16.6 Å². The molecule has 0 radical (unpaired) electrons. The number of furan rings is 1. The van der Waals surface area contributed by atoms with Gasteiger partial charge in [0.2, 0.25) is 0 Å². The summed E-state index contributed by atoms with van der Waals surface area (Å²) in [5, 5.41) is 0. The minimum atomic E-state index is -1.28.